The van der Waals surface area contributed by atoms with E-state index in [0.29, 0.717) is 41.8 Å². The van der Waals surface area contributed by atoms with Gasteiger partial charge in [-0.3, -0.25) is 14.3 Å². The first-order valence-corrected chi connectivity index (χ1v) is 12.2. The van der Waals surface area contributed by atoms with Crippen LogP contribution in [0.25, 0.3) is 22.2 Å². The molecule has 0 bridgehead atoms. The molecule has 0 amide bonds. The first kappa shape index (κ1) is 27.6. The van der Waals surface area contributed by atoms with Crippen molar-refractivity contribution in [3.05, 3.63) is 46.4 Å². The summed E-state index contributed by atoms with van der Waals surface area (Å²) in [5.74, 6) is -1.30. The molecule has 198 valence electrons. The number of ketones is 1. The normalized spacial score (nSPS) is 11.8. The van der Waals surface area contributed by atoms with Crippen molar-refractivity contribution >= 4 is 28.9 Å². The van der Waals surface area contributed by atoms with E-state index in [9.17, 15) is 19.2 Å². The maximum absolute atomic E-state index is 12.5. The first-order chi connectivity index (χ1) is 17.8. The molecule has 0 aliphatic carbocycles. The highest BCUT2D eigenvalue weighted by molar-refractivity contribution is 5.88. The van der Waals surface area contributed by atoms with Gasteiger partial charge >= 0.3 is 17.8 Å². The molecule has 0 saturated carbocycles. The third kappa shape index (κ3) is 7.99. The lowest BCUT2D eigenvalue weighted by Crippen LogP contribution is -2.21. The standard InChI is InChI=1S/C26H31N3O8/c1-4-5-10-35-26(33)36-11-6-9-29-16-21(27-28-29)18-7-8-19-13-20(25(32)37-23(19)15-18)14-22(30)17(2)12-24(31)34-3/h7-8,13,15-17H,4-6,9-12,14H2,1-3H3. The van der Waals surface area contributed by atoms with E-state index in [-0.39, 0.29) is 30.8 Å². The highest BCUT2D eigenvalue weighted by Gasteiger charge is 2.20. The molecule has 37 heavy (non-hydrogen) atoms. The van der Waals surface area contributed by atoms with Crippen LogP contribution in [0.15, 0.2) is 39.7 Å². The third-order valence-corrected chi connectivity index (χ3v) is 5.73. The molecule has 2 heterocycles. The fourth-order valence-corrected chi connectivity index (χ4v) is 3.51. The zero-order valence-corrected chi connectivity index (χ0v) is 21.2. The maximum Gasteiger partial charge on any atom is 0.508 e. The second-order valence-electron chi connectivity index (χ2n) is 8.66. The summed E-state index contributed by atoms with van der Waals surface area (Å²) in [7, 11) is 1.26. The number of aryl methyl sites for hydroxylation is 1. The number of fused-ring (bicyclic) bond motifs is 1. The molecule has 1 aromatic carbocycles. The Balaban J connectivity index is 1.60. The van der Waals surface area contributed by atoms with Crippen LogP contribution in [0.5, 0.6) is 0 Å². The highest BCUT2D eigenvalue weighted by Crippen LogP contribution is 2.23. The van der Waals surface area contributed by atoms with Crippen molar-refractivity contribution < 1.29 is 33.0 Å². The van der Waals surface area contributed by atoms with Crippen LogP contribution in [0.4, 0.5) is 4.79 Å². The summed E-state index contributed by atoms with van der Waals surface area (Å²) in [6, 6.07) is 6.90. The molecule has 0 spiro atoms. The van der Waals surface area contributed by atoms with Gasteiger partial charge in [-0.15, -0.1) is 5.10 Å². The van der Waals surface area contributed by atoms with Crippen molar-refractivity contribution in [1.82, 2.24) is 15.0 Å². The van der Waals surface area contributed by atoms with E-state index in [1.807, 2.05) is 13.0 Å². The van der Waals surface area contributed by atoms with E-state index in [1.165, 1.54) is 7.11 Å². The largest absolute Gasteiger partial charge is 0.508 e. The van der Waals surface area contributed by atoms with E-state index in [4.69, 9.17) is 13.9 Å². The molecule has 0 aliphatic rings. The first-order valence-electron chi connectivity index (χ1n) is 12.2. The minimum absolute atomic E-state index is 0.0447. The smallest absolute Gasteiger partial charge is 0.469 e. The molecule has 3 aromatic rings. The number of nitrogens with zero attached hydrogens (tertiary/aromatic N) is 3. The quantitative estimate of drug-likeness (QED) is 0.189. The minimum atomic E-state index is -0.673. The summed E-state index contributed by atoms with van der Waals surface area (Å²) in [6.07, 6.45) is 3.17. The second kappa shape index (κ2) is 13.3. The Morgan fingerprint density at radius 1 is 1.11 bits per heavy atom. The van der Waals surface area contributed by atoms with Gasteiger partial charge in [0.05, 0.1) is 32.9 Å². The Morgan fingerprint density at radius 2 is 1.86 bits per heavy atom. The van der Waals surface area contributed by atoms with Gasteiger partial charge in [0.2, 0.25) is 0 Å². The van der Waals surface area contributed by atoms with Gasteiger partial charge in [-0.1, -0.05) is 37.6 Å². The van der Waals surface area contributed by atoms with Crippen LogP contribution in [0.2, 0.25) is 0 Å². The average molecular weight is 514 g/mol. The molecule has 0 fully saturated rings. The lowest BCUT2D eigenvalue weighted by Gasteiger charge is -2.09. The second-order valence-corrected chi connectivity index (χ2v) is 8.66. The van der Waals surface area contributed by atoms with E-state index >= 15 is 0 Å². The van der Waals surface area contributed by atoms with Crippen molar-refractivity contribution in [3.8, 4) is 11.3 Å². The van der Waals surface area contributed by atoms with E-state index in [0.717, 1.165) is 12.8 Å². The van der Waals surface area contributed by atoms with Crippen LogP contribution < -0.4 is 5.63 Å². The number of ether oxygens (including phenoxy) is 3. The highest BCUT2D eigenvalue weighted by atomic mass is 16.7. The van der Waals surface area contributed by atoms with Crippen molar-refractivity contribution in [3.63, 3.8) is 0 Å². The summed E-state index contributed by atoms with van der Waals surface area (Å²) < 4.78 is 21.6. The van der Waals surface area contributed by atoms with Crippen molar-refractivity contribution in [1.29, 1.82) is 0 Å². The van der Waals surface area contributed by atoms with Crippen LogP contribution in [0.3, 0.4) is 0 Å². The number of methoxy groups -OCH3 is 1. The Bertz CT molecular complexity index is 1300. The molecule has 0 saturated heterocycles. The zero-order chi connectivity index (χ0) is 26.8. The van der Waals surface area contributed by atoms with Gasteiger partial charge in [-0.05, 0) is 18.6 Å². The SMILES string of the molecule is CCCCOC(=O)OCCCn1cc(-c2ccc3cc(CC(=O)C(C)CC(=O)OC)c(=O)oc3c2)nn1. The Hall–Kier alpha value is -4.02. The van der Waals surface area contributed by atoms with Gasteiger partial charge in [-0.2, -0.15) is 0 Å². The van der Waals surface area contributed by atoms with Gasteiger partial charge in [0, 0.05) is 41.8 Å². The molecule has 0 radical (unpaired) electrons. The van der Waals surface area contributed by atoms with E-state index < -0.39 is 23.7 Å². The van der Waals surface area contributed by atoms with Crippen LogP contribution in [0, 0.1) is 5.92 Å². The number of carbonyl (C=O) groups is 3. The lowest BCUT2D eigenvalue weighted by atomic mass is 9.97. The molecule has 11 heteroatoms. The topological polar surface area (TPSA) is 140 Å². The maximum atomic E-state index is 12.5. The fourth-order valence-electron chi connectivity index (χ4n) is 3.51. The Morgan fingerprint density at radius 3 is 2.59 bits per heavy atom. The molecular formula is C26H31N3O8. The number of hydrogen-bond donors (Lipinski definition) is 0. The Labute approximate surface area is 213 Å². The van der Waals surface area contributed by atoms with Crippen LogP contribution in [0.1, 0.15) is 45.1 Å². The predicted octanol–water partition coefficient (Wildman–Crippen LogP) is 3.71. The molecular weight excluding hydrogens is 482 g/mol. The Kier molecular flexibility index (Phi) is 9.93. The van der Waals surface area contributed by atoms with Gasteiger partial charge in [0.25, 0.3) is 0 Å². The number of esters is 1. The molecule has 0 N–H and O–H groups in total. The number of rotatable bonds is 13. The van der Waals surface area contributed by atoms with E-state index in [2.05, 4.69) is 15.0 Å². The summed E-state index contributed by atoms with van der Waals surface area (Å²) >= 11 is 0. The molecule has 11 nitrogen and oxygen atoms in total. The number of benzene rings is 1. The van der Waals surface area contributed by atoms with Crippen LogP contribution in [-0.2, 0) is 36.8 Å². The molecule has 2 aromatic heterocycles. The number of hydrogen-bond acceptors (Lipinski definition) is 10. The number of carbonyl (C=O) groups excluding carboxylic acids is 3. The fraction of sp³-hybridized carbons (Fsp3) is 0.462. The minimum Gasteiger partial charge on any atom is -0.469 e. The average Bonchev–Trinajstić information content (AvgIpc) is 3.35. The summed E-state index contributed by atoms with van der Waals surface area (Å²) in [4.78, 5) is 47.8. The number of Topliss-reactive ketones (excluding diaryl/α,β-unsaturated/α-hetero) is 1. The van der Waals surface area contributed by atoms with Crippen molar-refractivity contribution in [2.24, 2.45) is 5.92 Å². The van der Waals surface area contributed by atoms with Crippen LogP contribution >= 0.6 is 0 Å². The zero-order valence-electron chi connectivity index (χ0n) is 21.2. The molecule has 3 rings (SSSR count). The molecule has 0 aliphatic heterocycles. The van der Waals surface area contributed by atoms with Gasteiger partial charge in [0.1, 0.15) is 17.1 Å². The number of aromatic nitrogens is 3. The van der Waals surface area contributed by atoms with Gasteiger partial charge < -0.3 is 18.6 Å². The summed E-state index contributed by atoms with van der Waals surface area (Å²) in [5.41, 5.74) is 1.25. The summed E-state index contributed by atoms with van der Waals surface area (Å²) in [6.45, 7) is 4.67. The third-order valence-electron chi connectivity index (χ3n) is 5.73. The summed E-state index contributed by atoms with van der Waals surface area (Å²) in [5, 5.41) is 8.91. The van der Waals surface area contributed by atoms with Gasteiger partial charge in [0.15, 0.2) is 0 Å². The van der Waals surface area contributed by atoms with Gasteiger partial charge in [-0.25, -0.2) is 9.59 Å². The van der Waals surface area contributed by atoms with Crippen molar-refractivity contribution in [2.75, 3.05) is 20.3 Å². The molecule has 1 unspecified atom stereocenters. The van der Waals surface area contributed by atoms with Crippen molar-refractivity contribution in [2.45, 2.75) is 52.5 Å². The molecule has 1 atom stereocenters. The lowest BCUT2D eigenvalue weighted by molar-refractivity contribution is -0.143. The number of unbranched alkanes of at least 4 members (excludes halogenated alkanes) is 1. The predicted molar refractivity (Wildman–Crippen MR) is 133 cm³/mol. The van der Waals surface area contributed by atoms with Crippen LogP contribution in [-0.4, -0.2) is 53.2 Å². The van der Waals surface area contributed by atoms with E-state index in [1.54, 1.807) is 36.0 Å². The monoisotopic (exact) mass is 513 g/mol.